The van der Waals surface area contributed by atoms with E-state index in [1.165, 1.54) is 11.0 Å². The van der Waals surface area contributed by atoms with Crippen molar-refractivity contribution in [1.82, 2.24) is 25.5 Å². The zero-order valence-electron chi connectivity index (χ0n) is 13.7. The number of amides is 1. The molecule has 0 spiro atoms. The molecular weight excluding hydrogens is 338 g/mol. The smallest absolute Gasteiger partial charge is 0.258 e. The van der Waals surface area contributed by atoms with Crippen molar-refractivity contribution in [2.45, 2.75) is 6.54 Å². The maximum Gasteiger partial charge on any atom is 0.258 e. The van der Waals surface area contributed by atoms with E-state index >= 15 is 0 Å². The Bertz CT molecular complexity index is 913. The Balaban J connectivity index is 1.30. The maximum absolute atomic E-state index is 12.0. The van der Waals surface area contributed by atoms with Crippen LogP contribution in [0.15, 0.2) is 48.8 Å². The van der Waals surface area contributed by atoms with E-state index in [9.17, 15) is 4.79 Å². The van der Waals surface area contributed by atoms with E-state index in [2.05, 4.69) is 20.8 Å². The summed E-state index contributed by atoms with van der Waals surface area (Å²) in [6.07, 6.45) is 1.48. The predicted molar refractivity (Wildman–Crippen MR) is 89.1 cm³/mol. The molecule has 9 nitrogen and oxygen atoms in total. The number of nitrogens with zero attached hydrogens (tertiary/aromatic N) is 4. The number of benzene rings is 2. The van der Waals surface area contributed by atoms with Gasteiger partial charge in [-0.05, 0) is 40.3 Å². The zero-order chi connectivity index (χ0) is 17.8. The highest BCUT2D eigenvalue weighted by atomic mass is 16.7. The van der Waals surface area contributed by atoms with Gasteiger partial charge < -0.3 is 19.5 Å². The quantitative estimate of drug-likeness (QED) is 0.708. The Morgan fingerprint density at radius 3 is 3.00 bits per heavy atom. The van der Waals surface area contributed by atoms with Crippen LogP contribution in [0.3, 0.4) is 0 Å². The third-order valence-electron chi connectivity index (χ3n) is 3.73. The first-order valence-corrected chi connectivity index (χ1v) is 7.89. The van der Waals surface area contributed by atoms with Crippen LogP contribution < -0.4 is 19.5 Å². The molecule has 0 radical (unpaired) electrons. The van der Waals surface area contributed by atoms with E-state index in [-0.39, 0.29) is 19.3 Å². The number of hydrogen-bond donors (Lipinski definition) is 1. The molecule has 3 aromatic rings. The van der Waals surface area contributed by atoms with Gasteiger partial charge in [0, 0.05) is 12.6 Å². The summed E-state index contributed by atoms with van der Waals surface area (Å²) in [5.41, 5.74) is 1.66. The van der Waals surface area contributed by atoms with Crippen molar-refractivity contribution in [3.8, 4) is 22.9 Å². The molecule has 9 heteroatoms. The number of hydrogen-bond acceptors (Lipinski definition) is 7. The normalized spacial score (nSPS) is 12.0. The largest absolute Gasteiger partial charge is 0.484 e. The van der Waals surface area contributed by atoms with Crippen LogP contribution in [-0.4, -0.2) is 39.5 Å². The molecule has 0 aliphatic carbocycles. The van der Waals surface area contributed by atoms with Crippen LogP contribution in [0.4, 0.5) is 0 Å². The Kier molecular flexibility index (Phi) is 4.33. The first-order chi connectivity index (χ1) is 12.8. The van der Waals surface area contributed by atoms with E-state index in [0.29, 0.717) is 23.8 Å². The van der Waals surface area contributed by atoms with Gasteiger partial charge in [0.15, 0.2) is 18.1 Å². The second-order valence-corrected chi connectivity index (χ2v) is 5.50. The van der Waals surface area contributed by atoms with Gasteiger partial charge in [0.05, 0.1) is 5.69 Å². The summed E-state index contributed by atoms with van der Waals surface area (Å²) in [6.45, 7) is 0.510. The molecule has 4 rings (SSSR count). The summed E-state index contributed by atoms with van der Waals surface area (Å²) >= 11 is 0. The minimum Gasteiger partial charge on any atom is -0.484 e. The molecule has 132 valence electrons. The minimum atomic E-state index is -0.226. The molecule has 0 atom stereocenters. The van der Waals surface area contributed by atoms with Crippen molar-refractivity contribution in [3.63, 3.8) is 0 Å². The molecule has 0 unspecified atom stereocenters. The number of nitrogens with one attached hydrogen (secondary N) is 1. The van der Waals surface area contributed by atoms with Crippen LogP contribution in [0.25, 0.3) is 5.69 Å². The summed E-state index contributed by atoms with van der Waals surface area (Å²) in [6, 6.07) is 12.7. The third-order valence-corrected chi connectivity index (χ3v) is 3.73. The van der Waals surface area contributed by atoms with Crippen molar-refractivity contribution >= 4 is 5.91 Å². The van der Waals surface area contributed by atoms with Gasteiger partial charge in [-0.3, -0.25) is 4.79 Å². The van der Waals surface area contributed by atoms with E-state index in [1.54, 1.807) is 18.2 Å². The first-order valence-electron chi connectivity index (χ1n) is 7.89. The van der Waals surface area contributed by atoms with E-state index in [4.69, 9.17) is 14.2 Å². The van der Waals surface area contributed by atoms with Crippen LogP contribution in [0.2, 0.25) is 0 Å². The number of tetrazole rings is 1. The highest BCUT2D eigenvalue weighted by molar-refractivity contribution is 5.77. The van der Waals surface area contributed by atoms with Crippen molar-refractivity contribution in [3.05, 3.63) is 54.4 Å². The fourth-order valence-corrected chi connectivity index (χ4v) is 2.45. The monoisotopic (exact) mass is 353 g/mol. The molecule has 1 amide bonds. The third kappa shape index (κ3) is 3.56. The molecule has 0 saturated carbocycles. The maximum atomic E-state index is 12.0. The number of aromatic nitrogens is 4. The average Bonchev–Trinajstić information content (AvgIpc) is 3.36. The Labute approximate surface area is 148 Å². The number of fused-ring (bicyclic) bond motifs is 1. The summed E-state index contributed by atoms with van der Waals surface area (Å²) in [7, 11) is 0. The minimum absolute atomic E-state index is 0.0936. The van der Waals surface area contributed by atoms with Gasteiger partial charge in [-0.15, -0.1) is 5.10 Å². The standard InChI is InChI=1S/C17H15N5O4/c23-17(18-8-12-4-5-15-16(6-12)26-11-25-15)9-24-14-3-1-2-13(7-14)22-10-19-20-21-22/h1-7,10H,8-9,11H2,(H,18,23). The molecule has 1 aromatic heterocycles. The molecule has 2 aromatic carbocycles. The molecule has 26 heavy (non-hydrogen) atoms. The van der Waals surface area contributed by atoms with Crippen LogP contribution in [0.1, 0.15) is 5.56 Å². The molecule has 0 saturated heterocycles. The lowest BCUT2D eigenvalue weighted by Gasteiger charge is -2.09. The molecule has 0 fully saturated rings. The number of rotatable bonds is 6. The lowest BCUT2D eigenvalue weighted by atomic mass is 10.2. The fourth-order valence-electron chi connectivity index (χ4n) is 2.45. The SMILES string of the molecule is O=C(COc1cccc(-n2cnnn2)c1)NCc1ccc2c(c1)OCO2. The molecule has 2 heterocycles. The van der Waals surface area contributed by atoms with Gasteiger partial charge in [0.2, 0.25) is 6.79 Å². The molecular formula is C17H15N5O4. The average molecular weight is 353 g/mol. The van der Waals surface area contributed by atoms with Gasteiger partial charge >= 0.3 is 0 Å². The summed E-state index contributed by atoms with van der Waals surface area (Å²) in [5.74, 6) is 1.73. The molecule has 0 bridgehead atoms. The number of carbonyl (C=O) groups is 1. The highest BCUT2D eigenvalue weighted by Crippen LogP contribution is 2.32. The Morgan fingerprint density at radius 1 is 1.19 bits per heavy atom. The zero-order valence-corrected chi connectivity index (χ0v) is 13.7. The van der Waals surface area contributed by atoms with Crippen LogP contribution in [-0.2, 0) is 11.3 Å². The summed E-state index contributed by atoms with van der Waals surface area (Å²) < 4.78 is 17.6. The predicted octanol–water partition coefficient (Wildman–Crippen LogP) is 1.09. The van der Waals surface area contributed by atoms with Gasteiger partial charge in [0.1, 0.15) is 12.1 Å². The lowest BCUT2D eigenvalue weighted by molar-refractivity contribution is -0.123. The second kappa shape index (κ2) is 7.09. The molecule has 1 aliphatic rings. The van der Waals surface area contributed by atoms with E-state index < -0.39 is 0 Å². The Morgan fingerprint density at radius 2 is 2.12 bits per heavy atom. The van der Waals surface area contributed by atoms with Gasteiger partial charge in [-0.1, -0.05) is 12.1 Å². The van der Waals surface area contributed by atoms with Crippen molar-refractivity contribution in [2.24, 2.45) is 0 Å². The molecule has 1 N–H and O–H groups in total. The van der Waals surface area contributed by atoms with Gasteiger partial charge in [0.25, 0.3) is 5.91 Å². The van der Waals surface area contributed by atoms with Crippen molar-refractivity contribution in [1.29, 1.82) is 0 Å². The highest BCUT2D eigenvalue weighted by Gasteiger charge is 2.13. The van der Waals surface area contributed by atoms with E-state index in [0.717, 1.165) is 11.3 Å². The lowest BCUT2D eigenvalue weighted by Crippen LogP contribution is -2.28. The number of ether oxygens (including phenoxy) is 3. The second-order valence-electron chi connectivity index (χ2n) is 5.50. The fraction of sp³-hybridized carbons (Fsp3) is 0.176. The van der Waals surface area contributed by atoms with Crippen molar-refractivity contribution < 1.29 is 19.0 Å². The first kappa shape index (κ1) is 15.9. The van der Waals surface area contributed by atoms with Crippen molar-refractivity contribution in [2.75, 3.05) is 13.4 Å². The van der Waals surface area contributed by atoms with Crippen LogP contribution >= 0.6 is 0 Å². The molecule has 1 aliphatic heterocycles. The van der Waals surface area contributed by atoms with Gasteiger partial charge in [-0.2, -0.15) is 0 Å². The van der Waals surface area contributed by atoms with E-state index in [1.807, 2.05) is 24.3 Å². The van der Waals surface area contributed by atoms with Crippen LogP contribution in [0, 0.1) is 0 Å². The number of carbonyl (C=O) groups excluding carboxylic acids is 1. The topological polar surface area (TPSA) is 100 Å². The van der Waals surface area contributed by atoms with Gasteiger partial charge in [-0.25, -0.2) is 4.68 Å². The summed E-state index contributed by atoms with van der Waals surface area (Å²) in [5, 5.41) is 13.8. The summed E-state index contributed by atoms with van der Waals surface area (Å²) in [4.78, 5) is 12.0. The Hall–Kier alpha value is -3.62. The van der Waals surface area contributed by atoms with Crippen LogP contribution in [0.5, 0.6) is 17.2 Å².